The van der Waals surface area contributed by atoms with Gasteiger partial charge in [0.1, 0.15) is 28.2 Å². The maximum absolute atomic E-state index is 9.78. The highest BCUT2D eigenvalue weighted by Crippen LogP contribution is 2.32. The van der Waals surface area contributed by atoms with Crippen molar-refractivity contribution in [3.8, 4) is 17.2 Å². The molecule has 2 aromatic heterocycles. The van der Waals surface area contributed by atoms with Crippen molar-refractivity contribution in [2.75, 3.05) is 0 Å². The Morgan fingerprint density at radius 3 is 2.12 bits per heavy atom. The molecule has 0 aliphatic carbocycles. The Labute approximate surface area is 95.6 Å². The molecule has 0 fully saturated rings. The molecular formula is C12H9N3O2. The van der Waals surface area contributed by atoms with Gasteiger partial charge in [0.05, 0.1) is 0 Å². The number of hydrogen-bond acceptors (Lipinski definition) is 2. The highest BCUT2D eigenvalue weighted by Gasteiger charge is 2.25. The quantitative estimate of drug-likeness (QED) is 0.487. The van der Waals surface area contributed by atoms with Crippen molar-refractivity contribution in [2.45, 2.75) is 0 Å². The van der Waals surface area contributed by atoms with Crippen LogP contribution in [0.1, 0.15) is 0 Å². The van der Waals surface area contributed by atoms with E-state index in [2.05, 4.69) is 0 Å². The van der Waals surface area contributed by atoms with E-state index in [1.807, 2.05) is 33.5 Å². The van der Waals surface area contributed by atoms with Gasteiger partial charge < -0.3 is 10.2 Å². The molecule has 84 valence electrons. The zero-order valence-electron chi connectivity index (χ0n) is 8.78. The molecule has 5 nitrogen and oxygen atoms in total. The fourth-order valence-electron chi connectivity index (χ4n) is 2.17. The van der Waals surface area contributed by atoms with Crippen LogP contribution in [0.25, 0.3) is 16.7 Å². The van der Waals surface area contributed by atoms with Crippen molar-refractivity contribution < 1.29 is 10.2 Å². The van der Waals surface area contributed by atoms with Crippen LogP contribution in [0.15, 0.2) is 42.5 Å². The van der Waals surface area contributed by atoms with E-state index in [1.54, 1.807) is 4.80 Å². The smallest absolute Gasteiger partial charge is 0.143 e. The number of benzene rings is 2. The molecule has 2 aromatic carbocycles. The zero-order valence-corrected chi connectivity index (χ0v) is 8.78. The SMILES string of the molecule is Oc1ccc(O)c(-n2n3c4ccccc4n23)c1. The number of aromatic hydroxyl groups is 2. The van der Waals surface area contributed by atoms with Gasteiger partial charge in [0, 0.05) is 6.07 Å². The van der Waals surface area contributed by atoms with E-state index in [4.69, 9.17) is 0 Å². The van der Waals surface area contributed by atoms with Crippen molar-refractivity contribution in [3.05, 3.63) is 42.5 Å². The fourth-order valence-corrected chi connectivity index (χ4v) is 2.17. The Hall–Kier alpha value is -2.56. The highest BCUT2D eigenvalue weighted by molar-refractivity contribution is 5.79. The first-order valence-electron chi connectivity index (χ1n) is 5.28. The second-order valence-corrected chi connectivity index (χ2v) is 4.03. The Balaban J connectivity index is 2.00. The number of para-hydroxylation sites is 2. The van der Waals surface area contributed by atoms with Gasteiger partial charge in [0.15, 0.2) is 0 Å². The summed E-state index contributed by atoms with van der Waals surface area (Å²) in [5.74, 6) is 0.277. The van der Waals surface area contributed by atoms with Gasteiger partial charge in [-0.1, -0.05) is 12.1 Å². The van der Waals surface area contributed by atoms with Gasteiger partial charge >= 0.3 is 0 Å². The molecule has 5 heteroatoms. The molecule has 2 heterocycles. The van der Waals surface area contributed by atoms with Crippen LogP contribution in [-0.4, -0.2) is 24.3 Å². The van der Waals surface area contributed by atoms with Crippen LogP contribution in [-0.2, 0) is 0 Å². The summed E-state index contributed by atoms with van der Waals surface area (Å²) in [5, 5.41) is 19.2. The van der Waals surface area contributed by atoms with Gasteiger partial charge in [0.2, 0.25) is 0 Å². The maximum Gasteiger partial charge on any atom is 0.143 e. The van der Waals surface area contributed by atoms with Crippen LogP contribution in [0.2, 0.25) is 0 Å². The van der Waals surface area contributed by atoms with Crippen LogP contribution >= 0.6 is 0 Å². The topological polar surface area (TPSA) is 54.2 Å². The summed E-state index contributed by atoms with van der Waals surface area (Å²) < 4.78 is 3.84. The summed E-state index contributed by atoms with van der Waals surface area (Å²) in [7, 11) is 0. The Kier molecular flexibility index (Phi) is 1.30. The third-order valence-corrected chi connectivity index (χ3v) is 2.99. The van der Waals surface area contributed by atoms with Gasteiger partial charge in [-0.25, -0.2) is 0 Å². The highest BCUT2D eigenvalue weighted by atomic mass is 16.3. The molecule has 0 atom stereocenters. The second-order valence-electron chi connectivity index (χ2n) is 4.03. The molecule has 0 radical (unpaired) electrons. The Morgan fingerprint density at radius 2 is 1.47 bits per heavy atom. The number of fused-ring (bicyclic) bond motifs is 4. The third kappa shape index (κ3) is 0.932. The lowest BCUT2D eigenvalue weighted by molar-refractivity contribution is 0.457. The lowest BCUT2D eigenvalue weighted by Crippen LogP contribution is -1.87. The Bertz CT molecular complexity index is 779. The molecule has 0 unspecified atom stereocenters. The monoisotopic (exact) mass is 227 g/mol. The van der Waals surface area contributed by atoms with E-state index in [0.717, 1.165) is 11.0 Å². The fraction of sp³-hybridized carbons (Fsp3) is 0. The molecule has 4 rings (SSSR count). The van der Waals surface area contributed by atoms with E-state index >= 15 is 0 Å². The molecular weight excluding hydrogens is 218 g/mol. The van der Waals surface area contributed by atoms with Crippen LogP contribution in [0.5, 0.6) is 11.5 Å². The van der Waals surface area contributed by atoms with Gasteiger partial charge in [-0.3, -0.25) is 0 Å². The summed E-state index contributed by atoms with van der Waals surface area (Å²) >= 11 is 0. The summed E-state index contributed by atoms with van der Waals surface area (Å²) in [6, 6.07) is 12.4. The predicted octanol–water partition coefficient (Wildman–Crippen LogP) is 1.83. The molecule has 0 amide bonds. The molecule has 4 aromatic rings. The molecule has 0 spiro atoms. The number of phenols is 2. The van der Waals surface area contributed by atoms with Gasteiger partial charge in [-0.05, 0) is 24.3 Å². The largest absolute Gasteiger partial charge is 0.508 e. The second kappa shape index (κ2) is 2.57. The van der Waals surface area contributed by atoms with E-state index < -0.39 is 0 Å². The van der Waals surface area contributed by atoms with Crippen molar-refractivity contribution in [1.82, 2.24) is 14.1 Å². The first-order chi connectivity index (χ1) is 8.27. The minimum atomic E-state index is 0.135. The summed E-state index contributed by atoms with van der Waals surface area (Å²) in [4.78, 5) is 1.81. The number of rotatable bonds is 1. The molecule has 0 saturated heterocycles. The molecule has 2 N–H and O–H groups in total. The van der Waals surface area contributed by atoms with Crippen LogP contribution in [0.4, 0.5) is 0 Å². The van der Waals surface area contributed by atoms with E-state index in [0.29, 0.717) is 5.69 Å². The first kappa shape index (κ1) is 8.58. The average Bonchev–Trinajstić information content (AvgIpc) is 2.98. The molecule has 0 saturated carbocycles. The average molecular weight is 227 g/mol. The van der Waals surface area contributed by atoms with E-state index in [-0.39, 0.29) is 11.5 Å². The summed E-state index contributed by atoms with van der Waals surface area (Å²) in [6.45, 7) is 0. The molecule has 0 aliphatic heterocycles. The van der Waals surface area contributed by atoms with Crippen LogP contribution in [0, 0.1) is 0 Å². The number of phenolic OH excluding ortho intramolecular Hbond substituents is 2. The van der Waals surface area contributed by atoms with Gasteiger partial charge in [-0.15, -0.1) is 14.1 Å². The molecule has 17 heavy (non-hydrogen) atoms. The maximum atomic E-state index is 9.78. The van der Waals surface area contributed by atoms with Gasteiger partial charge in [-0.2, -0.15) is 0 Å². The lowest BCUT2D eigenvalue weighted by atomic mass is 10.3. The van der Waals surface area contributed by atoms with E-state index in [9.17, 15) is 10.2 Å². The standard InChI is InChI=1S/C12H9N3O2/c16-8-5-6-12(17)11(7-8)15-13-9-3-1-2-4-10(9)14(13)15/h1-7,16-17H. The number of aromatic nitrogens is 3. The molecule has 0 bridgehead atoms. The van der Waals surface area contributed by atoms with Crippen LogP contribution < -0.4 is 0 Å². The zero-order chi connectivity index (χ0) is 11.6. The number of hydrogen-bond donors (Lipinski definition) is 2. The van der Waals surface area contributed by atoms with Crippen molar-refractivity contribution in [1.29, 1.82) is 0 Å². The van der Waals surface area contributed by atoms with Crippen LogP contribution in [0.3, 0.4) is 0 Å². The van der Waals surface area contributed by atoms with Crippen molar-refractivity contribution in [2.24, 2.45) is 0 Å². The predicted molar refractivity (Wildman–Crippen MR) is 62.2 cm³/mol. The Morgan fingerprint density at radius 1 is 0.824 bits per heavy atom. The minimum Gasteiger partial charge on any atom is -0.508 e. The summed E-state index contributed by atoms with van der Waals surface area (Å²) in [6.07, 6.45) is 0. The van der Waals surface area contributed by atoms with Crippen molar-refractivity contribution >= 4 is 11.0 Å². The normalized spacial score (nSPS) is 12.0. The van der Waals surface area contributed by atoms with E-state index in [1.165, 1.54) is 18.2 Å². The number of nitrogens with zero attached hydrogens (tertiary/aromatic N) is 3. The summed E-state index contributed by atoms with van der Waals surface area (Å²) in [5.41, 5.74) is 2.76. The first-order valence-corrected chi connectivity index (χ1v) is 5.28. The van der Waals surface area contributed by atoms with Gasteiger partial charge in [0.25, 0.3) is 0 Å². The third-order valence-electron chi connectivity index (χ3n) is 2.99. The molecule has 0 aliphatic rings. The minimum absolute atomic E-state index is 0.135. The van der Waals surface area contributed by atoms with Crippen molar-refractivity contribution in [3.63, 3.8) is 0 Å². The lowest BCUT2D eigenvalue weighted by Gasteiger charge is -1.98.